The lowest BCUT2D eigenvalue weighted by atomic mass is 9.87. The van der Waals surface area contributed by atoms with Crippen molar-refractivity contribution in [3.05, 3.63) is 22.6 Å². The Morgan fingerprint density at radius 3 is 3.00 bits per heavy atom. The molecular weight excluding hydrogens is 360 g/mol. The molecule has 2 N–H and O–H groups in total. The second kappa shape index (κ2) is 7.52. The van der Waals surface area contributed by atoms with Crippen LogP contribution in [-0.4, -0.2) is 51.7 Å². The number of carbonyl (C=O) groups excluding carboxylic acids is 1. The van der Waals surface area contributed by atoms with Gasteiger partial charge in [0.15, 0.2) is 5.65 Å². The highest BCUT2D eigenvalue weighted by molar-refractivity contribution is 7.19. The highest BCUT2D eigenvalue weighted by Crippen LogP contribution is 2.42. The third-order valence-electron chi connectivity index (χ3n) is 5.64. The lowest BCUT2D eigenvalue weighted by Crippen LogP contribution is -3.12. The fraction of sp³-hybridized carbons (Fsp3) is 0.579. The molecule has 1 aliphatic carbocycles. The summed E-state index contributed by atoms with van der Waals surface area (Å²) in [5, 5.41) is 8.43. The van der Waals surface area contributed by atoms with E-state index in [0.29, 0.717) is 12.5 Å². The molecule has 0 bridgehead atoms. The molecule has 144 valence electrons. The molecule has 1 atom stereocenters. The average Bonchev–Trinajstić information content (AvgIpc) is 3.26. The van der Waals surface area contributed by atoms with Crippen LogP contribution < -0.4 is 10.2 Å². The second-order valence-electron chi connectivity index (χ2n) is 7.32. The van der Waals surface area contributed by atoms with Gasteiger partial charge in [0, 0.05) is 4.88 Å². The Hall–Kier alpha value is -2.06. The smallest absolute Gasteiger partial charge is 0.291 e. The van der Waals surface area contributed by atoms with E-state index in [1.807, 2.05) is 0 Å². The Kier molecular flexibility index (Phi) is 5.10. The Bertz CT molecular complexity index is 974. The summed E-state index contributed by atoms with van der Waals surface area (Å²) in [6.07, 6.45) is 5.21. The summed E-state index contributed by atoms with van der Waals surface area (Å²) in [6, 6.07) is 0. The first kappa shape index (κ1) is 18.3. The minimum absolute atomic E-state index is 0.212. The molecule has 0 aromatic carbocycles. The predicted octanol–water partition coefficient (Wildman–Crippen LogP) is 1.43. The molecule has 0 unspecified atom stereocenters. The van der Waals surface area contributed by atoms with Gasteiger partial charge in [0.25, 0.3) is 5.91 Å². The van der Waals surface area contributed by atoms with Crippen molar-refractivity contribution >= 4 is 33.1 Å². The third kappa shape index (κ3) is 3.32. The van der Waals surface area contributed by atoms with Gasteiger partial charge in [-0.25, -0.2) is 14.5 Å². The van der Waals surface area contributed by atoms with Gasteiger partial charge in [0.1, 0.15) is 11.2 Å². The molecule has 3 aromatic rings. The maximum absolute atomic E-state index is 12.5. The van der Waals surface area contributed by atoms with Crippen LogP contribution in [0.1, 0.15) is 60.6 Å². The molecule has 7 nitrogen and oxygen atoms in total. The Morgan fingerprint density at radius 2 is 2.22 bits per heavy atom. The summed E-state index contributed by atoms with van der Waals surface area (Å²) in [5.74, 6) is 0.513. The fourth-order valence-corrected chi connectivity index (χ4v) is 5.31. The topological polar surface area (TPSA) is 76.6 Å². The monoisotopic (exact) mass is 387 g/mol. The molecule has 1 aliphatic rings. The summed E-state index contributed by atoms with van der Waals surface area (Å²) in [4.78, 5) is 25.6. The van der Waals surface area contributed by atoms with Gasteiger partial charge in [0.05, 0.1) is 31.6 Å². The Balaban J connectivity index is 1.63. The molecule has 27 heavy (non-hydrogen) atoms. The number of hydrogen-bond donors (Lipinski definition) is 2. The largest absolute Gasteiger partial charge is 0.344 e. The van der Waals surface area contributed by atoms with Gasteiger partial charge in [-0.1, -0.05) is 6.92 Å². The minimum Gasteiger partial charge on any atom is -0.344 e. The van der Waals surface area contributed by atoms with Crippen molar-refractivity contribution < 1.29 is 9.69 Å². The van der Waals surface area contributed by atoms with E-state index in [9.17, 15) is 4.79 Å². The van der Waals surface area contributed by atoms with Crippen molar-refractivity contribution in [1.29, 1.82) is 0 Å². The van der Waals surface area contributed by atoms with Gasteiger partial charge >= 0.3 is 0 Å². The van der Waals surface area contributed by atoms with Crippen LogP contribution in [0.2, 0.25) is 0 Å². The molecule has 0 spiro atoms. The number of amides is 1. The number of thiophene rings is 1. The molecule has 3 aromatic heterocycles. The lowest BCUT2D eigenvalue weighted by Gasteiger charge is -2.18. The zero-order valence-electron chi connectivity index (χ0n) is 16.2. The van der Waals surface area contributed by atoms with Crippen molar-refractivity contribution in [1.82, 2.24) is 24.9 Å². The predicted molar refractivity (Wildman–Crippen MR) is 107 cm³/mol. The molecule has 0 radical (unpaired) electrons. The number of rotatable bonds is 6. The average molecular weight is 388 g/mol. The molecule has 0 saturated heterocycles. The number of hydrogen-bond acceptors (Lipinski definition) is 5. The summed E-state index contributed by atoms with van der Waals surface area (Å²) in [7, 11) is 0. The van der Waals surface area contributed by atoms with Crippen LogP contribution >= 0.6 is 11.3 Å². The quantitative estimate of drug-likeness (QED) is 0.671. The summed E-state index contributed by atoms with van der Waals surface area (Å²) in [6.45, 7) is 10.2. The maximum Gasteiger partial charge on any atom is 0.291 e. The number of fused-ring (bicyclic) bond motifs is 5. The minimum atomic E-state index is -0.212. The number of nitrogens with one attached hydrogen (secondary N) is 2. The first-order valence-corrected chi connectivity index (χ1v) is 10.7. The number of nitrogens with zero attached hydrogens (tertiary/aromatic N) is 4. The van der Waals surface area contributed by atoms with Crippen molar-refractivity contribution in [2.75, 3.05) is 26.2 Å². The van der Waals surface area contributed by atoms with Gasteiger partial charge in [-0.3, -0.25) is 4.79 Å². The normalized spacial score (nSPS) is 17.0. The van der Waals surface area contributed by atoms with E-state index < -0.39 is 0 Å². The van der Waals surface area contributed by atoms with E-state index in [-0.39, 0.29) is 11.7 Å². The van der Waals surface area contributed by atoms with Crippen molar-refractivity contribution in [3.8, 4) is 0 Å². The first-order chi connectivity index (χ1) is 13.1. The summed E-state index contributed by atoms with van der Waals surface area (Å²) >= 11 is 1.76. The van der Waals surface area contributed by atoms with Gasteiger partial charge in [0.2, 0.25) is 5.82 Å². The number of quaternary nitrogens is 1. The fourth-order valence-electron chi connectivity index (χ4n) is 4.02. The van der Waals surface area contributed by atoms with Gasteiger partial charge < -0.3 is 10.2 Å². The number of likely N-dealkylation sites (N-methyl/N-ethyl adjacent to an activating group) is 1. The summed E-state index contributed by atoms with van der Waals surface area (Å²) < 4.78 is 1.65. The van der Waals surface area contributed by atoms with E-state index in [0.717, 1.165) is 41.9 Å². The molecule has 0 aliphatic heterocycles. The molecular formula is C19H27N6OS+. The first-order valence-electron chi connectivity index (χ1n) is 9.90. The van der Waals surface area contributed by atoms with E-state index >= 15 is 0 Å². The van der Waals surface area contributed by atoms with Crippen LogP contribution in [0.25, 0.3) is 15.9 Å². The Labute approximate surface area is 162 Å². The highest BCUT2D eigenvalue weighted by Gasteiger charge is 2.26. The molecule has 3 heterocycles. The molecule has 1 amide bonds. The van der Waals surface area contributed by atoms with Crippen LogP contribution in [0.3, 0.4) is 0 Å². The van der Waals surface area contributed by atoms with E-state index in [1.165, 1.54) is 28.2 Å². The van der Waals surface area contributed by atoms with E-state index in [4.69, 9.17) is 0 Å². The van der Waals surface area contributed by atoms with Crippen LogP contribution in [0.15, 0.2) is 6.33 Å². The van der Waals surface area contributed by atoms with E-state index in [2.05, 4.69) is 41.2 Å². The molecule has 4 rings (SSSR count). The molecule has 0 saturated carbocycles. The SMILES string of the molecule is CC[NH+](CC)CCNC(=O)c1nc2c3c4c(sc3ncn2n1)CCC[C@H]4C. The summed E-state index contributed by atoms with van der Waals surface area (Å²) in [5.41, 5.74) is 2.12. The van der Waals surface area contributed by atoms with Crippen LogP contribution in [0.4, 0.5) is 0 Å². The van der Waals surface area contributed by atoms with Gasteiger partial charge in [-0.2, -0.15) is 0 Å². The van der Waals surface area contributed by atoms with Crippen LogP contribution in [0, 0.1) is 0 Å². The zero-order chi connectivity index (χ0) is 19.0. The van der Waals surface area contributed by atoms with Crippen molar-refractivity contribution in [3.63, 3.8) is 0 Å². The van der Waals surface area contributed by atoms with Crippen LogP contribution in [0.5, 0.6) is 0 Å². The third-order valence-corrected chi connectivity index (χ3v) is 6.82. The number of aryl methyl sites for hydroxylation is 1. The lowest BCUT2D eigenvalue weighted by molar-refractivity contribution is -0.895. The van der Waals surface area contributed by atoms with Gasteiger partial charge in [-0.05, 0) is 44.6 Å². The van der Waals surface area contributed by atoms with Gasteiger partial charge in [-0.15, -0.1) is 16.4 Å². The molecule has 0 fully saturated rings. The van der Waals surface area contributed by atoms with Crippen molar-refractivity contribution in [2.45, 2.75) is 46.0 Å². The standard InChI is InChI=1S/C19H26N6OS/c1-4-24(5-2)10-9-20-18(26)16-22-17-15-14-12(3)7-6-8-13(14)27-19(15)21-11-25(17)23-16/h11-12H,4-10H2,1-3H3,(H,20,26)/p+1/t12-/m1/s1. The molecule has 8 heteroatoms. The number of carbonyl (C=O) groups is 1. The van der Waals surface area contributed by atoms with E-state index in [1.54, 1.807) is 22.2 Å². The van der Waals surface area contributed by atoms with Crippen molar-refractivity contribution in [2.24, 2.45) is 0 Å². The maximum atomic E-state index is 12.5. The second-order valence-corrected chi connectivity index (χ2v) is 8.41. The zero-order valence-corrected chi connectivity index (χ0v) is 17.0. The Morgan fingerprint density at radius 1 is 1.41 bits per heavy atom. The van der Waals surface area contributed by atoms with Crippen LogP contribution in [-0.2, 0) is 6.42 Å². The highest BCUT2D eigenvalue weighted by atomic mass is 32.1. The number of aromatic nitrogens is 4.